The number of nitrogens with zero attached hydrogens (tertiary/aromatic N) is 5. The van der Waals surface area contributed by atoms with Crippen LogP contribution in [0.5, 0.6) is 5.75 Å². The lowest BCUT2D eigenvalue weighted by Crippen LogP contribution is -2.38. The molecule has 0 saturated heterocycles. The van der Waals surface area contributed by atoms with E-state index in [1.165, 1.54) is 0 Å². The Morgan fingerprint density at radius 3 is 2.81 bits per heavy atom. The van der Waals surface area contributed by atoms with Gasteiger partial charge in [-0.3, -0.25) is 9.78 Å². The molecule has 36 heavy (non-hydrogen) atoms. The largest absolute Gasteiger partial charge is 0.496 e. The van der Waals surface area contributed by atoms with Gasteiger partial charge in [0.15, 0.2) is 5.65 Å². The Morgan fingerprint density at radius 1 is 1.28 bits per heavy atom. The van der Waals surface area contributed by atoms with Crippen LogP contribution in [-0.2, 0) is 11.3 Å². The molecule has 0 unspecified atom stereocenters. The molecule has 5 rings (SSSR count). The Kier molecular flexibility index (Phi) is 6.85. The number of nitrogens with one attached hydrogen (secondary N) is 1. The molecule has 4 N–H and O–H groups in total. The van der Waals surface area contributed by atoms with Gasteiger partial charge in [0.05, 0.1) is 36.5 Å². The number of carbonyl (C=O) groups is 1. The molecule has 1 amide bonds. The van der Waals surface area contributed by atoms with Crippen LogP contribution in [0.3, 0.4) is 0 Å². The summed E-state index contributed by atoms with van der Waals surface area (Å²) < 4.78 is 7.36. The van der Waals surface area contributed by atoms with E-state index >= 15 is 0 Å². The maximum atomic E-state index is 12.8. The van der Waals surface area contributed by atoms with Crippen molar-refractivity contribution in [2.45, 2.75) is 69.7 Å². The molecule has 11 heteroatoms. The molecule has 10 nitrogen and oxygen atoms in total. The van der Waals surface area contributed by atoms with E-state index < -0.39 is 0 Å². The Hall–Kier alpha value is -3.18. The highest BCUT2D eigenvalue weighted by Crippen LogP contribution is 2.36. The van der Waals surface area contributed by atoms with Crippen LogP contribution in [0.25, 0.3) is 17.1 Å². The highest BCUT2D eigenvalue weighted by molar-refractivity contribution is 7.99. The molecule has 0 radical (unpaired) electrons. The smallest absolute Gasteiger partial charge is 0.224 e. The maximum absolute atomic E-state index is 12.8. The minimum absolute atomic E-state index is 0.0120. The molecule has 0 spiro atoms. The fourth-order valence-electron chi connectivity index (χ4n) is 4.97. The summed E-state index contributed by atoms with van der Waals surface area (Å²) in [4.78, 5) is 26.4. The average molecular weight is 510 g/mol. The van der Waals surface area contributed by atoms with Crippen molar-refractivity contribution in [2.24, 2.45) is 0 Å². The van der Waals surface area contributed by atoms with Gasteiger partial charge in [-0.2, -0.15) is 10.1 Å². The van der Waals surface area contributed by atoms with Gasteiger partial charge in [0.1, 0.15) is 10.8 Å². The number of methoxy groups -OCH3 is 1. The zero-order valence-corrected chi connectivity index (χ0v) is 21.6. The Morgan fingerprint density at radius 2 is 2.06 bits per heavy atom. The van der Waals surface area contributed by atoms with Gasteiger partial charge >= 0.3 is 0 Å². The molecule has 4 heterocycles. The summed E-state index contributed by atoms with van der Waals surface area (Å²) in [5.74, 6) is 1.60. The van der Waals surface area contributed by atoms with Crippen LogP contribution in [0.15, 0.2) is 16.8 Å². The monoisotopic (exact) mass is 509 g/mol. The van der Waals surface area contributed by atoms with E-state index in [-0.39, 0.29) is 30.4 Å². The van der Waals surface area contributed by atoms with E-state index in [1.54, 1.807) is 29.8 Å². The van der Waals surface area contributed by atoms with Crippen LogP contribution in [-0.4, -0.2) is 60.8 Å². The third-order valence-corrected chi connectivity index (χ3v) is 7.92. The molecule has 3 aromatic rings. The summed E-state index contributed by atoms with van der Waals surface area (Å²) >= 11 is 1.54. The first-order valence-electron chi connectivity index (χ1n) is 12.1. The van der Waals surface area contributed by atoms with Gasteiger partial charge in [0.25, 0.3) is 0 Å². The van der Waals surface area contributed by atoms with Crippen molar-refractivity contribution < 1.29 is 14.6 Å². The molecule has 1 aliphatic heterocycles. The molecule has 2 aliphatic rings. The number of nitrogen functional groups attached to an aromatic ring is 1. The van der Waals surface area contributed by atoms with E-state index in [0.717, 1.165) is 69.9 Å². The van der Waals surface area contributed by atoms with Crippen LogP contribution in [0.2, 0.25) is 0 Å². The second kappa shape index (κ2) is 10.1. The van der Waals surface area contributed by atoms with Gasteiger partial charge in [0.2, 0.25) is 11.9 Å². The number of hydrogen-bond acceptors (Lipinski definition) is 9. The van der Waals surface area contributed by atoms with Crippen molar-refractivity contribution in [1.29, 1.82) is 0 Å². The molecule has 0 bridgehead atoms. The van der Waals surface area contributed by atoms with Gasteiger partial charge in [-0.05, 0) is 51.2 Å². The first kappa shape index (κ1) is 24.5. The van der Waals surface area contributed by atoms with Crippen molar-refractivity contribution in [2.75, 3.05) is 18.6 Å². The fraction of sp³-hybridized carbons (Fsp3) is 0.480. The second-order valence-electron chi connectivity index (χ2n) is 9.52. The number of aryl methyl sites for hydroxylation is 1. The summed E-state index contributed by atoms with van der Waals surface area (Å²) in [6, 6.07) is 0.121. The third-order valence-electron chi connectivity index (χ3n) is 6.84. The summed E-state index contributed by atoms with van der Waals surface area (Å²) in [6.07, 6.45) is 6.89. The number of pyridine rings is 1. The highest BCUT2D eigenvalue weighted by Gasteiger charge is 2.24. The molecule has 0 atom stereocenters. The minimum Gasteiger partial charge on any atom is -0.496 e. The lowest BCUT2D eigenvalue weighted by molar-refractivity contribution is -0.121. The van der Waals surface area contributed by atoms with Crippen molar-refractivity contribution in [3.8, 4) is 5.75 Å². The quantitative estimate of drug-likeness (QED) is 0.428. The van der Waals surface area contributed by atoms with Crippen molar-refractivity contribution >= 4 is 40.7 Å². The van der Waals surface area contributed by atoms with Crippen molar-refractivity contribution in [1.82, 2.24) is 30.0 Å². The Bertz CT molecular complexity index is 1350. The molecule has 190 valence electrons. The summed E-state index contributed by atoms with van der Waals surface area (Å²) in [5.41, 5.74) is 11.1. The first-order valence-corrected chi connectivity index (χ1v) is 13.1. The van der Waals surface area contributed by atoms with Crippen molar-refractivity contribution in [3.05, 3.63) is 34.3 Å². The highest BCUT2D eigenvalue weighted by atomic mass is 32.2. The number of aromatic nitrogens is 5. The SMILES string of the molecule is COc1c(C)cnc(Cn2nc3c4c(nc(N)nc42)SCC(CC(=O)NC2CCC(O)CC2)=C3)c1C. The summed E-state index contributed by atoms with van der Waals surface area (Å²) in [6.45, 7) is 4.35. The summed E-state index contributed by atoms with van der Waals surface area (Å²) in [7, 11) is 1.66. The summed E-state index contributed by atoms with van der Waals surface area (Å²) in [5, 5.41) is 19.3. The van der Waals surface area contributed by atoms with E-state index in [2.05, 4.69) is 20.3 Å². The number of rotatable bonds is 6. The van der Waals surface area contributed by atoms with E-state index in [0.29, 0.717) is 17.9 Å². The van der Waals surface area contributed by atoms with Gasteiger partial charge in [0, 0.05) is 35.5 Å². The van der Waals surface area contributed by atoms with Crippen molar-refractivity contribution in [3.63, 3.8) is 0 Å². The van der Waals surface area contributed by atoms with Gasteiger partial charge in [-0.15, -0.1) is 11.8 Å². The van der Waals surface area contributed by atoms with Crippen LogP contribution in [0.1, 0.15) is 54.6 Å². The van der Waals surface area contributed by atoms with Gasteiger partial charge in [-0.1, -0.05) is 0 Å². The Balaban J connectivity index is 1.43. The fourth-order valence-corrected chi connectivity index (χ4v) is 5.98. The molecular formula is C25H31N7O3S. The number of carbonyl (C=O) groups excluding carboxylic acids is 1. The minimum atomic E-state index is -0.247. The van der Waals surface area contributed by atoms with Crippen LogP contribution < -0.4 is 15.8 Å². The van der Waals surface area contributed by atoms with E-state index in [4.69, 9.17) is 15.6 Å². The third kappa shape index (κ3) is 4.90. The molecule has 3 aromatic heterocycles. The number of nitrogens with two attached hydrogens (primary N) is 1. The van der Waals surface area contributed by atoms with Crippen LogP contribution in [0.4, 0.5) is 5.95 Å². The molecule has 1 saturated carbocycles. The lowest BCUT2D eigenvalue weighted by atomic mass is 9.93. The number of aliphatic hydroxyl groups is 1. The topological polar surface area (TPSA) is 141 Å². The maximum Gasteiger partial charge on any atom is 0.224 e. The molecule has 1 fully saturated rings. The molecule has 0 aromatic carbocycles. The number of ether oxygens (including phenoxy) is 1. The standard InChI is InChI=1S/C25H31N7O3S/c1-13-10-27-19(14(2)22(13)35-3)11-32-23-21-18(31-32)8-15(12-36-24(21)30-25(26)29-23)9-20(34)28-16-4-6-17(33)7-5-16/h8,10,16-17,33H,4-7,9,11-12H2,1-3H3,(H,28,34)(H2,26,29,30). The lowest BCUT2D eigenvalue weighted by Gasteiger charge is -2.26. The predicted octanol–water partition coefficient (Wildman–Crippen LogP) is 2.78. The number of amides is 1. The predicted molar refractivity (Wildman–Crippen MR) is 139 cm³/mol. The van der Waals surface area contributed by atoms with Gasteiger partial charge in [-0.25, -0.2) is 9.67 Å². The molecule has 1 aliphatic carbocycles. The normalized spacial score (nSPS) is 19.6. The molecular weight excluding hydrogens is 478 g/mol. The number of anilines is 1. The Labute approximate surface area is 213 Å². The average Bonchev–Trinajstić information content (AvgIpc) is 3.07. The number of aliphatic hydroxyl groups excluding tert-OH is 1. The number of thioether (sulfide) groups is 1. The van der Waals surface area contributed by atoms with E-state index in [1.807, 2.05) is 19.9 Å². The number of hydrogen-bond donors (Lipinski definition) is 3. The van der Waals surface area contributed by atoms with Gasteiger partial charge < -0.3 is 20.9 Å². The first-order chi connectivity index (χ1) is 17.3. The second-order valence-corrected chi connectivity index (χ2v) is 10.5. The van der Waals surface area contributed by atoms with E-state index in [9.17, 15) is 9.90 Å². The van der Waals surface area contributed by atoms with Crippen LogP contribution >= 0.6 is 11.8 Å². The van der Waals surface area contributed by atoms with Crippen LogP contribution in [0, 0.1) is 13.8 Å². The zero-order chi connectivity index (χ0) is 25.4. The zero-order valence-electron chi connectivity index (χ0n) is 20.7.